The smallest absolute Gasteiger partial charge is 0.251 e. The van der Waals surface area contributed by atoms with E-state index in [0.717, 1.165) is 37.2 Å². The Morgan fingerprint density at radius 2 is 2.04 bits per heavy atom. The van der Waals surface area contributed by atoms with Gasteiger partial charge in [-0.05, 0) is 49.8 Å². The Labute approximate surface area is 142 Å². The van der Waals surface area contributed by atoms with Gasteiger partial charge in [-0.15, -0.1) is 0 Å². The van der Waals surface area contributed by atoms with Gasteiger partial charge in [-0.25, -0.2) is 0 Å². The summed E-state index contributed by atoms with van der Waals surface area (Å²) in [5.41, 5.74) is 2.44. The molecule has 0 bridgehead atoms. The molecule has 5 nitrogen and oxygen atoms in total. The minimum Gasteiger partial charge on any atom is -0.358 e. The predicted molar refractivity (Wildman–Crippen MR) is 94.3 cm³/mol. The van der Waals surface area contributed by atoms with E-state index < -0.39 is 0 Å². The second kappa shape index (κ2) is 6.11. The molecule has 1 aromatic rings. The highest BCUT2D eigenvalue weighted by Gasteiger charge is 2.36. The molecule has 0 aromatic heterocycles. The molecule has 4 rings (SSSR count). The number of amides is 2. The SMILES string of the molecule is C[C@@H]1CCCC[C@@H]1NC(=O)c1ccc2c(c1)NC(=O)[C@H]1CCCN21. The lowest BCUT2D eigenvalue weighted by Gasteiger charge is -2.33. The average Bonchev–Trinajstić information content (AvgIpc) is 3.07. The lowest BCUT2D eigenvalue weighted by Crippen LogP contribution is -2.44. The fraction of sp³-hybridized carbons (Fsp3) is 0.579. The minimum absolute atomic E-state index is 0.0330. The third-order valence-corrected chi connectivity index (χ3v) is 5.81. The molecule has 0 radical (unpaired) electrons. The maximum atomic E-state index is 12.6. The highest BCUT2D eigenvalue weighted by Crippen LogP contribution is 2.37. The van der Waals surface area contributed by atoms with Gasteiger partial charge in [0.05, 0.1) is 11.4 Å². The van der Waals surface area contributed by atoms with Crippen molar-refractivity contribution in [3.8, 4) is 0 Å². The van der Waals surface area contributed by atoms with Gasteiger partial charge in [-0.2, -0.15) is 0 Å². The molecule has 1 saturated heterocycles. The van der Waals surface area contributed by atoms with E-state index in [1.165, 1.54) is 19.3 Å². The molecule has 3 atom stereocenters. The van der Waals surface area contributed by atoms with Crippen molar-refractivity contribution in [1.82, 2.24) is 5.32 Å². The average molecular weight is 327 g/mol. The van der Waals surface area contributed by atoms with Crippen LogP contribution in [-0.2, 0) is 4.79 Å². The van der Waals surface area contributed by atoms with Crippen LogP contribution in [0.1, 0.15) is 55.8 Å². The molecule has 2 N–H and O–H groups in total. The second-order valence-corrected chi connectivity index (χ2v) is 7.41. The maximum Gasteiger partial charge on any atom is 0.251 e. The van der Waals surface area contributed by atoms with Gasteiger partial charge in [0.25, 0.3) is 5.91 Å². The lowest BCUT2D eigenvalue weighted by molar-refractivity contribution is -0.117. The molecule has 1 aromatic carbocycles. The Kier molecular flexibility index (Phi) is 3.94. The molecular weight excluding hydrogens is 302 g/mol. The van der Waals surface area contributed by atoms with E-state index >= 15 is 0 Å². The molecule has 3 aliphatic rings. The summed E-state index contributed by atoms with van der Waals surface area (Å²) in [6, 6.07) is 5.91. The third-order valence-electron chi connectivity index (χ3n) is 5.81. The maximum absolute atomic E-state index is 12.6. The first kappa shape index (κ1) is 15.5. The van der Waals surface area contributed by atoms with Crippen molar-refractivity contribution in [1.29, 1.82) is 0 Å². The van der Waals surface area contributed by atoms with Crippen LogP contribution in [0.5, 0.6) is 0 Å². The number of hydrogen-bond donors (Lipinski definition) is 2. The van der Waals surface area contributed by atoms with Gasteiger partial charge < -0.3 is 15.5 Å². The highest BCUT2D eigenvalue weighted by atomic mass is 16.2. The first-order valence-electron chi connectivity index (χ1n) is 9.16. The van der Waals surface area contributed by atoms with E-state index in [1.54, 1.807) is 0 Å². The number of nitrogens with zero attached hydrogens (tertiary/aromatic N) is 1. The largest absolute Gasteiger partial charge is 0.358 e. The van der Waals surface area contributed by atoms with Crippen LogP contribution in [0.3, 0.4) is 0 Å². The Morgan fingerprint density at radius 3 is 2.88 bits per heavy atom. The summed E-state index contributed by atoms with van der Waals surface area (Å²) in [5.74, 6) is 0.554. The molecule has 128 valence electrons. The molecule has 5 heteroatoms. The minimum atomic E-state index is -0.0414. The number of hydrogen-bond acceptors (Lipinski definition) is 3. The van der Waals surface area contributed by atoms with Crippen molar-refractivity contribution in [2.45, 2.75) is 57.5 Å². The Bertz CT molecular complexity index is 673. The van der Waals surface area contributed by atoms with E-state index in [1.807, 2.05) is 18.2 Å². The number of nitrogens with one attached hydrogen (secondary N) is 2. The normalized spacial score (nSPS) is 28.8. The fourth-order valence-electron chi connectivity index (χ4n) is 4.35. The lowest BCUT2D eigenvalue weighted by atomic mass is 9.86. The van der Waals surface area contributed by atoms with E-state index in [9.17, 15) is 9.59 Å². The highest BCUT2D eigenvalue weighted by molar-refractivity contribution is 6.06. The number of anilines is 2. The number of carbonyl (C=O) groups excluding carboxylic acids is 2. The van der Waals surface area contributed by atoms with Crippen LogP contribution in [0.25, 0.3) is 0 Å². The molecule has 2 heterocycles. The number of fused-ring (bicyclic) bond motifs is 3. The van der Waals surface area contributed by atoms with Crippen LogP contribution < -0.4 is 15.5 Å². The Balaban J connectivity index is 1.54. The van der Waals surface area contributed by atoms with Crippen LogP contribution >= 0.6 is 0 Å². The van der Waals surface area contributed by atoms with E-state index in [-0.39, 0.29) is 23.9 Å². The van der Waals surface area contributed by atoms with Gasteiger partial charge in [0.1, 0.15) is 6.04 Å². The van der Waals surface area contributed by atoms with Crippen LogP contribution in [0, 0.1) is 5.92 Å². The molecule has 2 amide bonds. The summed E-state index contributed by atoms with van der Waals surface area (Å²) in [7, 11) is 0. The topological polar surface area (TPSA) is 61.4 Å². The molecule has 1 saturated carbocycles. The summed E-state index contributed by atoms with van der Waals surface area (Å²) < 4.78 is 0. The first-order chi connectivity index (χ1) is 11.6. The van der Waals surface area contributed by atoms with Gasteiger partial charge in [-0.3, -0.25) is 9.59 Å². The zero-order valence-electron chi connectivity index (χ0n) is 14.2. The molecule has 24 heavy (non-hydrogen) atoms. The standard InChI is InChI=1S/C19H25N3O2/c1-12-5-2-3-6-14(12)20-18(23)13-8-9-16-15(11-13)21-19(24)17-7-4-10-22(16)17/h8-9,11-12,14,17H,2-7,10H2,1H3,(H,20,23)(H,21,24)/t12-,14+,17-/m1/s1. The van der Waals surface area contributed by atoms with Crippen LogP contribution in [0.15, 0.2) is 18.2 Å². The molecule has 0 unspecified atom stereocenters. The van der Waals surface area contributed by atoms with Crippen molar-refractivity contribution in [3.63, 3.8) is 0 Å². The Morgan fingerprint density at radius 1 is 1.21 bits per heavy atom. The fourth-order valence-corrected chi connectivity index (χ4v) is 4.35. The van der Waals surface area contributed by atoms with Crippen molar-refractivity contribution in [2.24, 2.45) is 5.92 Å². The monoisotopic (exact) mass is 327 g/mol. The Hall–Kier alpha value is -2.04. The van der Waals surface area contributed by atoms with E-state index in [0.29, 0.717) is 11.5 Å². The number of carbonyl (C=O) groups is 2. The predicted octanol–water partition coefficient (Wildman–Crippen LogP) is 2.92. The summed E-state index contributed by atoms with van der Waals surface area (Å²) in [5, 5.41) is 6.16. The summed E-state index contributed by atoms with van der Waals surface area (Å²) in [6.45, 7) is 3.13. The van der Waals surface area contributed by atoms with Crippen molar-refractivity contribution >= 4 is 23.2 Å². The number of benzene rings is 1. The van der Waals surface area contributed by atoms with Gasteiger partial charge >= 0.3 is 0 Å². The van der Waals surface area contributed by atoms with Crippen molar-refractivity contribution in [3.05, 3.63) is 23.8 Å². The zero-order valence-corrected chi connectivity index (χ0v) is 14.2. The summed E-state index contributed by atoms with van der Waals surface area (Å²) in [6.07, 6.45) is 6.64. The molecule has 0 spiro atoms. The van der Waals surface area contributed by atoms with Gasteiger partial charge in [0.2, 0.25) is 5.91 Å². The summed E-state index contributed by atoms with van der Waals surface area (Å²) in [4.78, 5) is 27.0. The molecule has 2 fully saturated rings. The molecule has 2 aliphatic heterocycles. The van der Waals surface area contributed by atoms with Gasteiger partial charge in [0, 0.05) is 18.2 Å². The zero-order chi connectivity index (χ0) is 16.7. The third kappa shape index (κ3) is 2.66. The first-order valence-corrected chi connectivity index (χ1v) is 9.16. The quantitative estimate of drug-likeness (QED) is 0.878. The van der Waals surface area contributed by atoms with Crippen molar-refractivity contribution < 1.29 is 9.59 Å². The van der Waals surface area contributed by atoms with Crippen LogP contribution in [-0.4, -0.2) is 30.4 Å². The number of rotatable bonds is 2. The van der Waals surface area contributed by atoms with Crippen LogP contribution in [0.2, 0.25) is 0 Å². The van der Waals surface area contributed by atoms with Gasteiger partial charge in [-0.1, -0.05) is 19.8 Å². The summed E-state index contributed by atoms with van der Waals surface area (Å²) >= 11 is 0. The van der Waals surface area contributed by atoms with Gasteiger partial charge in [0.15, 0.2) is 0 Å². The van der Waals surface area contributed by atoms with E-state index in [4.69, 9.17) is 0 Å². The second-order valence-electron chi connectivity index (χ2n) is 7.41. The van der Waals surface area contributed by atoms with Crippen molar-refractivity contribution in [2.75, 3.05) is 16.8 Å². The van der Waals surface area contributed by atoms with E-state index in [2.05, 4.69) is 22.5 Å². The molecule has 1 aliphatic carbocycles. The van der Waals surface area contributed by atoms with Crippen LogP contribution in [0.4, 0.5) is 11.4 Å². The molecular formula is C19H25N3O2.